The lowest BCUT2D eigenvalue weighted by Gasteiger charge is -2.15. The van der Waals surface area contributed by atoms with E-state index in [0.29, 0.717) is 43.3 Å². The van der Waals surface area contributed by atoms with Crippen molar-refractivity contribution in [3.63, 3.8) is 0 Å². The molecule has 0 spiro atoms. The summed E-state index contributed by atoms with van der Waals surface area (Å²) in [6.45, 7) is 5.40. The van der Waals surface area contributed by atoms with Crippen LogP contribution in [-0.4, -0.2) is 27.6 Å². The number of nitrogens with one attached hydrogen (secondary N) is 1. The Morgan fingerprint density at radius 2 is 2.29 bits per heavy atom. The first-order valence-electron chi connectivity index (χ1n) is 7.94. The molecular formula is C17H19N5O2. The van der Waals surface area contributed by atoms with E-state index in [4.69, 9.17) is 9.78 Å². The number of hydrogen-bond acceptors (Lipinski definition) is 5. The van der Waals surface area contributed by atoms with Gasteiger partial charge in [-0.2, -0.15) is 10.2 Å². The van der Waals surface area contributed by atoms with Gasteiger partial charge in [-0.3, -0.25) is 0 Å². The van der Waals surface area contributed by atoms with Gasteiger partial charge < -0.3 is 14.7 Å². The van der Waals surface area contributed by atoms with Crippen LogP contribution >= 0.6 is 0 Å². The minimum absolute atomic E-state index is 0.154. The van der Waals surface area contributed by atoms with E-state index in [9.17, 15) is 4.79 Å². The Hall–Kier alpha value is -2.88. The molecule has 2 heterocycles. The lowest BCUT2D eigenvalue weighted by Crippen LogP contribution is -2.37. The van der Waals surface area contributed by atoms with Gasteiger partial charge in [0.15, 0.2) is 5.82 Å². The smallest absolute Gasteiger partial charge is 0.318 e. The summed E-state index contributed by atoms with van der Waals surface area (Å²) in [5.41, 5.74) is 2.60. The Balaban J connectivity index is 1.52. The first-order chi connectivity index (χ1) is 11.6. The Bertz CT molecular complexity index is 791. The van der Waals surface area contributed by atoms with Crippen LogP contribution in [0.1, 0.15) is 48.2 Å². The van der Waals surface area contributed by atoms with E-state index in [1.807, 2.05) is 26.0 Å². The SMILES string of the molecule is CC(C)c1noc(CCNC(=O)N2Cc3cccc(C#N)c3C2)n1. The Morgan fingerprint density at radius 3 is 3.00 bits per heavy atom. The number of benzene rings is 1. The summed E-state index contributed by atoms with van der Waals surface area (Å²) in [5.74, 6) is 1.42. The third-order valence-corrected chi connectivity index (χ3v) is 4.01. The molecule has 2 amide bonds. The monoisotopic (exact) mass is 325 g/mol. The highest BCUT2D eigenvalue weighted by Gasteiger charge is 2.25. The predicted molar refractivity (Wildman–Crippen MR) is 85.9 cm³/mol. The second-order valence-corrected chi connectivity index (χ2v) is 6.09. The molecule has 0 unspecified atom stereocenters. The molecule has 0 radical (unpaired) electrons. The molecule has 2 aromatic rings. The van der Waals surface area contributed by atoms with Crippen LogP contribution in [0, 0.1) is 11.3 Å². The van der Waals surface area contributed by atoms with Crippen molar-refractivity contribution in [1.29, 1.82) is 5.26 Å². The van der Waals surface area contributed by atoms with Gasteiger partial charge >= 0.3 is 6.03 Å². The van der Waals surface area contributed by atoms with E-state index in [0.717, 1.165) is 11.1 Å². The van der Waals surface area contributed by atoms with E-state index in [-0.39, 0.29) is 11.9 Å². The number of rotatable bonds is 4. The molecule has 7 nitrogen and oxygen atoms in total. The van der Waals surface area contributed by atoms with Gasteiger partial charge in [0, 0.05) is 32.0 Å². The van der Waals surface area contributed by atoms with E-state index < -0.39 is 0 Å². The highest BCUT2D eigenvalue weighted by Crippen LogP contribution is 2.25. The summed E-state index contributed by atoms with van der Waals surface area (Å²) in [6.07, 6.45) is 0.496. The molecule has 0 aliphatic carbocycles. The molecule has 0 atom stereocenters. The van der Waals surface area contributed by atoms with Crippen molar-refractivity contribution in [2.24, 2.45) is 0 Å². The van der Waals surface area contributed by atoms with Gasteiger partial charge in [0.1, 0.15) is 0 Å². The molecule has 0 fully saturated rings. The fraction of sp³-hybridized carbons (Fsp3) is 0.412. The number of nitriles is 1. The van der Waals surface area contributed by atoms with Gasteiger partial charge in [0.05, 0.1) is 11.6 Å². The van der Waals surface area contributed by atoms with Crippen molar-refractivity contribution < 1.29 is 9.32 Å². The van der Waals surface area contributed by atoms with Crippen molar-refractivity contribution in [3.05, 3.63) is 46.6 Å². The number of urea groups is 1. The van der Waals surface area contributed by atoms with Crippen LogP contribution in [0.25, 0.3) is 0 Å². The molecule has 0 saturated heterocycles. The number of amides is 2. The fourth-order valence-electron chi connectivity index (χ4n) is 2.66. The van der Waals surface area contributed by atoms with Crippen LogP contribution in [0.4, 0.5) is 4.79 Å². The molecule has 0 bridgehead atoms. The van der Waals surface area contributed by atoms with Crippen LogP contribution in [0.5, 0.6) is 0 Å². The maximum atomic E-state index is 12.3. The first kappa shape index (κ1) is 16.0. The van der Waals surface area contributed by atoms with Crippen molar-refractivity contribution in [2.75, 3.05) is 6.54 Å². The summed E-state index contributed by atoms with van der Waals surface area (Å²) < 4.78 is 5.15. The molecule has 1 aliphatic rings. The third-order valence-electron chi connectivity index (χ3n) is 4.01. The fourth-order valence-corrected chi connectivity index (χ4v) is 2.66. The zero-order valence-corrected chi connectivity index (χ0v) is 13.7. The lowest BCUT2D eigenvalue weighted by molar-refractivity contribution is 0.198. The average Bonchev–Trinajstić information content (AvgIpc) is 3.21. The van der Waals surface area contributed by atoms with Crippen molar-refractivity contribution in [2.45, 2.75) is 39.3 Å². The molecule has 3 rings (SSSR count). The molecule has 1 aliphatic heterocycles. The number of fused-ring (bicyclic) bond motifs is 1. The topological polar surface area (TPSA) is 95.0 Å². The minimum atomic E-state index is -0.154. The van der Waals surface area contributed by atoms with E-state index in [2.05, 4.69) is 21.5 Å². The van der Waals surface area contributed by atoms with Gasteiger partial charge in [0.25, 0.3) is 0 Å². The number of carbonyl (C=O) groups is 1. The predicted octanol–water partition coefficient (Wildman–Crippen LogP) is 2.33. The molecule has 24 heavy (non-hydrogen) atoms. The first-order valence-corrected chi connectivity index (χ1v) is 7.94. The van der Waals surface area contributed by atoms with Gasteiger partial charge in [-0.05, 0) is 17.2 Å². The summed E-state index contributed by atoms with van der Waals surface area (Å²) >= 11 is 0. The van der Waals surface area contributed by atoms with Crippen LogP contribution < -0.4 is 5.32 Å². The number of aromatic nitrogens is 2. The van der Waals surface area contributed by atoms with Crippen molar-refractivity contribution >= 4 is 6.03 Å². The zero-order valence-electron chi connectivity index (χ0n) is 13.7. The highest BCUT2D eigenvalue weighted by atomic mass is 16.5. The number of nitrogens with zero attached hydrogens (tertiary/aromatic N) is 4. The van der Waals surface area contributed by atoms with Crippen LogP contribution in [0.2, 0.25) is 0 Å². The molecule has 1 aromatic carbocycles. The normalized spacial score (nSPS) is 13.0. The molecule has 124 valence electrons. The van der Waals surface area contributed by atoms with Gasteiger partial charge in [-0.15, -0.1) is 0 Å². The number of carbonyl (C=O) groups excluding carboxylic acids is 1. The Kier molecular flexibility index (Phi) is 4.47. The minimum Gasteiger partial charge on any atom is -0.339 e. The zero-order chi connectivity index (χ0) is 17.1. The summed E-state index contributed by atoms with van der Waals surface area (Å²) in [5, 5.41) is 15.9. The van der Waals surface area contributed by atoms with Crippen molar-refractivity contribution in [1.82, 2.24) is 20.4 Å². The van der Waals surface area contributed by atoms with Crippen molar-refractivity contribution in [3.8, 4) is 6.07 Å². The molecular weight excluding hydrogens is 306 g/mol. The third kappa shape index (κ3) is 3.23. The van der Waals surface area contributed by atoms with Crippen LogP contribution in [-0.2, 0) is 19.5 Å². The second kappa shape index (κ2) is 6.71. The van der Waals surface area contributed by atoms with E-state index in [1.165, 1.54) is 0 Å². The maximum Gasteiger partial charge on any atom is 0.318 e. The molecule has 1 aromatic heterocycles. The molecule has 0 saturated carbocycles. The van der Waals surface area contributed by atoms with Gasteiger partial charge in [-0.1, -0.05) is 31.1 Å². The summed E-state index contributed by atoms with van der Waals surface area (Å²) in [4.78, 5) is 18.3. The van der Waals surface area contributed by atoms with Gasteiger partial charge in [0.2, 0.25) is 5.89 Å². The standard InChI is InChI=1S/C17H19N5O2/c1-11(2)16-20-15(24-21-16)6-7-19-17(23)22-9-13-5-3-4-12(8-18)14(13)10-22/h3-5,11H,6-7,9-10H2,1-2H3,(H,19,23). The number of hydrogen-bond donors (Lipinski definition) is 1. The average molecular weight is 325 g/mol. The van der Waals surface area contributed by atoms with Crippen LogP contribution in [0.3, 0.4) is 0 Å². The molecule has 1 N–H and O–H groups in total. The summed E-state index contributed by atoms with van der Waals surface area (Å²) in [7, 11) is 0. The van der Waals surface area contributed by atoms with E-state index >= 15 is 0 Å². The summed E-state index contributed by atoms with van der Waals surface area (Å²) in [6, 6.07) is 7.60. The lowest BCUT2D eigenvalue weighted by atomic mass is 10.1. The molecule has 7 heteroatoms. The Morgan fingerprint density at radius 1 is 1.46 bits per heavy atom. The highest BCUT2D eigenvalue weighted by molar-refractivity contribution is 5.75. The van der Waals surface area contributed by atoms with Crippen LogP contribution in [0.15, 0.2) is 22.7 Å². The van der Waals surface area contributed by atoms with E-state index in [1.54, 1.807) is 11.0 Å². The quantitative estimate of drug-likeness (QED) is 0.931. The largest absolute Gasteiger partial charge is 0.339 e. The second-order valence-electron chi connectivity index (χ2n) is 6.09. The van der Waals surface area contributed by atoms with Gasteiger partial charge in [-0.25, -0.2) is 4.79 Å². The maximum absolute atomic E-state index is 12.3. The Labute approximate surface area is 140 Å².